The quantitative estimate of drug-likeness (QED) is 0.581. The third-order valence-corrected chi connectivity index (χ3v) is 5.51. The van der Waals surface area contributed by atoms with E-state index in [1.165, 1.54) is 17.4 Å². The number of anilines is 1. The van der Waals surface area contributed by atoms with E-state index in [0.717, 1.165) is 14.2 Å². The lowest BCUT2D eigenvalue weighted by atomic mass is 10.1. The van der Waals surface area contributed by atoms with E-state index >= 15 is 0 Å². The minimum absolute atomic E-state index is 0.108. The molecule has 0 spiro atoms. The van der Waals surface area contributed by atoms with Crippen molar-refractivity contribution in [2.45, 2.75) is 6.92 Å². The van der Waals surface area contributed by atoms with E-state index in [4.69, 9.17) is 11.6 Å². The number of hydrogen-bond donors (Lipinski definition) is 1. The van der Waals surface area contributed by atoms with Crippen molar-refractivity contribution in [1.82, 2.24) is 5.32 Å². The number of carbonyl (C=O) groups is 3. The van der Waals surface area contributed by atoms with Crippen LogP contribution in [0.4, 0.5) is 10.5 Å². The van der Waals surface area contributed by atoms with Gasteiger partial charge in [0, 0.05) is 19.8 Å². The molecule has 1 aromatic heterocycles. The van der Waals surface area contributed by atoms with Crippen LogP contribution < -0.4 is 10.2 Å². The monoisotopic (exact) mass is 424 g/mol. The molecule has 8 heteroatoms. The Labute approximate surface area is 155 Å². The van der Waals surface area contributed by atoms with Crippen LogP contribution in [0.2, 0.25) is 5.02 Å². The Hall–Kier alpha value is -1.96. The molecule has 1 saturated heterocycles. The molecule has 1 aliphatic rings. The molecule has 0 atom stereocenters. The summed E-state index contributed by atoms with van der Waals surface area (Å²) >= 11 is 10.8. The van der Waals surface area contributed by atoms with E-state index in [0.29, 0.717) is 16.3 Å². The van der Waals surface area contributed by atoms with Crippen molar-refractivity contribution < 1.29 is 14.4 Å². The van der Waals surface area contributed by atoms with Crippen molar-refractivity contribution in [2.75, 3.05) is 4.90 Å². The second-order valence-electron chi connectivity index (χ2n) is 5.01. The Morgan fingerprint density at radius 3 is 2.71 bits per heavy atom. The highest BCUT2D eigenvalue weighted by Gasteiger charge is 2.37. The number of imide groups is 2. The Balaban J connectivity index is 2.06. The van der Waals surface area contributed by atoms with E-state index in [-0.39, 0.29) is 5.57 Å². The summed E-state index contributed by atoms with van der Waals surface area (Å²) in [5.74, 6) is -1.40. The fourth-order valence-corrected chi connectivity index (χ4v) is 3.81. The standard InChI is InChI=1S/C16H10BrClN2O3S/c1-8-12(18)3-2-4-13(8)20-15(22)11(14(21)19-16(20)23)6-10-5-9(17)7-24-10/h2-7H,1H3,(H,19,21,23)/b11-6+. The number of carbonyl (C=O) groups excluding carboxylic acids is 3. The first-order valence-corrected chi connectivity index (χ1v) is 8.84. The van der Waals surface area contributed by atoms with Crippen LogP contribution in [0.5, 0.6) is 0 Å². The summed E-state index contributed by atoms with van der Waals surface area (Å²) < 4.78 is 0.849. The number of thiophene rings is 1. The summed E-state index contributed by atoms with van der Waals surface area (Å²) in [6.45, 7) is 1.70. The highest BCUT2D eigenvalue weighted by molar-refractivity contribution is 9.10. The van der Waals surface area contributed by atoms with Gasteiger partial charge < -0.3 is 0 Å². The maximum absolute atomic E-state index is 12.7. The minimum Gasteiger partial charge on any atom is -0.273 e. The molecular weight excluding hydrogens is 416 g/mol. The molecule has 2 heterocycles. The molecule has 0 saturated carbocycles. The molecule has 3 rings (SSSR count). The summed E-state index contributed by atoms with van der Waals surface area (Å²) in [6.07, 6.45) is 1.46. The molecule has 0 radical (unpaired) electrons. The Morgan fingerprint density at radius 1 is 1.29 bits per heavy atom. The molecule has 0 bridgehead atoms. The Morgan fingerprint density at radius 2 is 2.04 bits per heavy atom. The fourth-order valence-electron chi connectivity index (χ4n) is 2.26. The number of nitrogens with zero attached hydrogens (tertiary/aromatic N) is 1. The van der Waals surface area contributed by atoms with Gasteiger partial charge in [0.15, 0.2) is 0 Å². The number of nitrogens with one attached hydrogen (secondary N) is 1. The Bertz CT molecular complexity index is 906. The summed E-state index contributed by atoms with van der Waals surface area (Å²) in [6, 6.07) is 5.90. The van der Waals surface area contributed by atoms with E-state index in [2.05, 4.69) is 21.2 Å². The molecular formula is C16H10BrClN2O3S. The molecule has 4 amide bonds. The van der Waals surface area contributed by atoms with Gasteiger partial charge >= 0.3 is 6.03 Å². The fraction of sp³-hybridized carbons (Fsp3) is 0.0625. The van der Waals surface area contributed by atoms with Crippen LogP contribution in [0.25, 0.3) is 6.08 Å². The summed E-state index contributed by atoms with van der Waals surface area (Å²) in [5.41, 5.74) is 0.814. The smallest absolute Gasteiger partial charge is 0.273 e. The molecule has 1 N–H and O–H groups in total. The first kappa shape index (κ1) is 16.9. The second-order valence-corrected chi connectivity index (χ2v) is 7.27. The number of hydrogen-bond acceptors (Lipinski definition) is 4. The lowest BCUT2D eigenvalue weighted by Gasteiger charge is -2.27. The van der Waals surface area contributed by atoms with Gasteiger partial charge in [-0.05, 0) is 52.7 Å². The molecule has 1 fully saturated rings. The normalized spacial score (nSPS) is 16.7. The minimum atomic E-state index is -0.792. The van der Waals surface area contributed by atoms with Crippen molar-refractivity contribution in [3.05, 3.63) is 55.2 Å². The van der Waals surface area contributed by atoms with Crippen molar-refractivity contribution in [3.63, 3.8) is 0 Å². The van der Waals surface area contributed by atoms with Crippen LogP contribution >= 0.6 is 38.9 Å². The van der Waals surface area contributed by atoms with Crippen LogP contribution in [-0.2, 0) is 9.59 Å². The van der Waals surface area contributed by atoms with Gasteiger partial charge in [-0.15, -0.1) is 11.3 Å². The van der Waals surface area contributed by atoms with Crippen LogP contribution in [-0.4, -0.2) is 17.8 Å². The largest absolute Gasteiger partial charge is 0.335 e. The molecule has 0 aliphatic carbocycles. The maximum Gasteiger partial charge on any atom is 0.335 e. The van der Waals surface area contributed by atoms with E-state index in [1.807, 2.05) is 5.38 Å². The molecule has 24 heavy (non-hydrogen) atoms. The summed E-state index contributed by atoms with van der Waals surface area (Å²) in [7, 11) is 0. The van der Waals surface area contributed by atoms with Crippen molar-refractivity contribution in [2.24, 2.45) is 0 Å². The second kappa shape index (κ2) is 6.51. The van der Waals surface area contributed by atoms with E-state index < -0.39 is 17.8 Å². The van der Waals surface area contributed by atoms with Gasteiger partial charge in [-0.2, -0.15) is 0 Å². The SMILES string of the molecule is Cc1c(Cl)cccc1N1C(=O)NC(=O)/C(=C\c2cc(Br)cs2)C1=O. The van der Waals surface area contributed by atoms with Crippen LogP contribution in [0, 0.1) is 6.92 Å². The zero-order chi connectivity index (χ0) is 17.4. The third kappa shape index (κ3) is 3.02. The molecule has 0 unspecified atom stereocenters. The number of benzene rings is 1. The number of rotatable bonds is 2. The van der Waals surface area contributed by atoms with Gasteiger partial charge in [0.05, 0.1) is 5.69 Å². The predicted molar refractivity (Wildman–Crippen MR) is 97.2 cm³/mol. The molecule has 5 nitrogen and oxygen atoms in total. The first-order valence-electron chi connectivity index (χ1n) is 6.79. The highest BCUT2D eigenvalue weighted by atomic mass is 79.9. The number of barbiturate groups is 1. The zero-order valence-electron chi connectivity index (χ0n) is 12.3. The molecule has 1 aliphatic heterocycles. The van der Waals surface area contributed by atoms with Gasteiger partial charge in [-0.25, -0.2) is 9.69 Å². The lowest BCUT2D eigenvalue weighted by Crippen LogP contribution is -2.54. The van der Waals surface area contributed by atoms with Crippen molar-refractivity contribution >= 4 is 68.5 Å². The van der Waals surface area contributed by atoms with Crippen molar-refractivity contribution in [3.8, 4) is 0 Å². The van der Waals surface area contributed by atoms with Gasteiger partial charge in [0.25, 0.3) is 11.8 Å². The predicted octanol–water partition coefficient (Wildman–Crippen LogP) is 4.14. The molecule has 122 valence electrons. The molecule has 2 aromatic rings. The van der Waals surface area contributed by atoms with Crippen LogP contribution in [0.3, 0.4) is 0 Å². The third-order valence-electron chi connectivity index (χ3n) is 3.46. The van der Waals surface area contributed by atoms with Gasteiger partial charge in [0.2, 0.25) is 0 Å². The van der Waals surface area contributed by atoms with Gasteiger partial charge in [0.1, 0.15) is 5.57 Å². The van der Waals surface area contributed by atoms with E-state index in [9.17, 15) is 14.4 Å². The summed E-state index contributed by atoms with van der Waals surface area (Å²) in [4.78, 5) is 38.6. The number of amides is 4. The van der Waals surface area contributed by atoms with Crippen LogP contribution in [0.1, 0.15) is 10.4 Å². The van der Waals surface area contributed by atoms with Gasteiger partial charge in [-0.1, -0.05) is 17.7 Å². The Kier molecular flexibility index (Phi) is 4.58. The van der Waals surface area contributed by atoms with Crippen molar-refractivity contribution in [1.29, 1.82) is 0 Å². The maximum atomic E-state index is 12.7. The van der Waals surface area contributed by atoms with Crippen LogP contribution in [0.15, 0.2) is 39.7 Å². The van der Waals surface area contributed by atoms with Gasteiger partial charge in [-0.3, -0.25) is 14.9 Å². The number of urea groups is 1. The highest BCUT2D eigenvalue weighted by Crippen LogP contribution is 2.30. The summed E-state index contributed by atoms with van der Waals surface area (Å²) in [5, 5.41) is 4.45. The lowest BCUT2D eigenvalue weighted by molar-refractivity contribution is -0.122. The average molecular weight is 426 g/mol. The topological polar surface area (TPSA) is 66.5 Å². The van der Waals surface area contributed by atoms with E-state index in [1.54, 1.807) is 31.2 Å². The molecule has 1 aromatic carbocycles. The zero-order valence-corrected chi connectivity index (χ0v) is 15.5. The average Bonchev–Trinajstić information content (AvgIpc) is 2.93. The number of halogens is 2. The first-order chi connectivity index (χ1) is 11.4.